The molecule has 5 nitrogen and oxygen atoms in total. The number of aryl methyl sites for hydroxylation is 4. The maximum absolute atomic E-state index is 12.8. The molecule has 1 aliphatic heterocycles. The number of fused-ring (bicyclic) bond motifs is 1. The fourth-order valence-corrected chi connectivity index (χ4v) is 5.65. The first-order valence-corrected chi connectivity index (χ1v) is 11.4. The van der Waals surface area contributed by atoms with Gasteiger partial charge < -0.3 is 5.32 Å². The quantitative estimate of drug-likeness (QED) is 0.811. The van der Waals surface area contributed by atoms with Crippen molar-refractivity contribution in [3.8, 4) is 0 Å². The van der Waals surface area contributed by atoms with E-state index in [2.05, 4.69) is 5.32 Å². The number of hydrogen-bond donors (Lipinski definition) is 1. The minimum Gasteiger partial charge on any atom is -0.322 e. The number of sulfonamides is 1. The molecule has 1 heterocycles. The molecule has 1 aliphatic rings. The van der Waals surface area contributed by atoms with E-state index in [1.807, 2.05) is 52.0 Å². The highest BCUT2D eigenvalue weighted by molar-refractivity contribution is 7.92. The summed E-state index contributed by atoms with van der Waals surface area (Å²) in [4.78, 5) is 12.8. The fraction of sp³-hybridized carbons (Fsp3) is 0.409. The number of carbonyl (C=O) groups is 1. The molecular weight excluding hydrogens is 372 g/mol. The lowest BCUT2D eigenvalue weighted by Gasteiger charge is -2.30. The van der Waals surface area contributed by atoms with E-state index in [1.165, 1.54) is 4.31 Å². The summed E-state index contributed by atoms with van der Waals surface area (Å²) < 4.78 is 26.6. The maximum atomic E-state index is 12.8. The number of hydrogen-bond acceptors (Lipinski definition) is 3. The van der Waals surface area contributed by atoms with Gasteiger partial charge in [-0.2, -0.15) is 0 Å². The molecule has 0 atom stereocenters. The number of nitrogens with zero attached hydrogens (tertiary/aromatic N) is 1. The van der Waals surface area contributed by atoms with Gasteiger partial charge >= 0.3 is 0 Å². The Labute approximate surface area is 167 Å². The Kier molecular flexibility index (Phi) is 5.79. The first-order valence-electron chi connectivity index (χ1n) is 9.75. The van der Waals surface area contributed by atoms with E-state index < -0.39 is 10.0 Å². The van der Waals surface area contributed by atoms with Gasteiger partial charge in [-0.15, -0.1) is 0 Å². The predicted molar refractivity (Wildman–Crippen MR) is 115 cm³/mol. The minimum absolute atomic E-state index is 0.138. The van der Waals surface area contributed by atoms with Crippen molar-refractivity contribution in [1.29, 1.82) is 0 Å². The lowest BCUT2D eigenvalue weighted by atomic mass is 9.99. The summed E-state index contributed by atoms with van der Waals surface area (Å²) in [6.07, 6.45) is 2.18. The average Bonchev–Trinajstić information content (AvgIpc) is 2.60. The highest BCUT2D eigenvalue weighted by Gasteiger charge is 2.27. The number of amides is 1. The third kappa shape index (κ3) is 4.07. The van der Waals surface area contributed by atoms with Gasteiger partial charge in [0, 0.05) is 17.8 Å². The standard InChI is InChI=1S/C22H28N2O3S/c1-5-11-28(26,27)24-10-6-7-18-14-19(8-9-20(18)24)23-22(25)21-16(3)12-15(2)13-17(21)4/h8-9,12-14H,5-7,10-11H2,1-4H3,(H,23,25). The maximum Gasteiger partial charge on any atom is 0.256 e. The van der Waals surface area contributed by atoms with Crippen LogP contribution in [0.2, 0.25) is 0 Å². The van der Waals surface area contributed by atoms with Gasteiger partial charge in [-0.25, -0.2) is 8.42 Å². The third-order valence-corrected chi connectivity index (χ3v) is 7.09. The number of nitrogens with one attached hydrogen (secondary N) is 1. The molecule has 0 fully saturated rings. The van der Waals surface area contributed by atoms with E-state index in [9.17, 15) is 13.2 Å². The van der Waals surface area contributed by atoms with Crippen LogP contribution in [0, 0.1) is 20.8 Å². The molecule has 28 heavy (non-hydrogen) atoms. The Morgan fingerprint density at radius 1 is 1.11 bits per heavy atom. The smallest absolute Gasteiger partial charge is 0.256 e. The van der Waals surface area contributed by atoms with Crippen molar-refractivity contribution in [2.45, 2.75) is 47.0 Å². The molecule has 6 heteroatoms. The summed E-state index contributed by atoms with van der Waals surface area (Å²) in [7, 11) is -3.30. The predicted octanol–water partition coefficient (Wildman–Crippen LogP) is 4.36. The highest BCUT2D eigenvalue weighted by atomic mass is 32.2. The van der Waals surface area contributed by atoms with E-state index in [0.717, 1.165) is 40.8 Å². The summed E-state index contributed by atoms with van der Waals surface area (Å²) in [6.45, 7) is 8.29. The molecular formula is C22H28N2O3S. The Bertz CT molecular complexity index is 989. The van der Waals surface area contributed by atoms with Gasteiger partial charge in [-0.05, 0) is 74.9 Å². The fourth-order valence-electron chi connectivity index (χ4n) is 4.03. The van der Waals surface area contributed by atoms with Gasteiger partial charge in [-0.3, -0.25) is 9.10 Å². The molecule has 1 N–H and O–H groups in total. The molecule has 3 rings (SSSR count). The zero-order chi connectivity index (χ0) is 20.5. The molecule has 2 aromatic rings. The summed E-state index contributed by atoms with van der Waals surface area (Å²) in [6, 6.07) is 9.51. The van der Waals surface area contributed by atoms with Gasteiger partial charge in [0.15, 0.2) is 0 Å². The Morgan fingerprint density at radius 3 is 2.43 bits per heavy atom. The van der Waals surface area contributed by atoms with Crippen molar-refractivity contribution in [2.24, 2.45) is 0 Å². The number of anilines is 2. The van der Waals surface area contributed by atoms with E-state index in [4.69, 9.17) is 0 Å². The van der Waals surface area contributed by atoms with Crippen molar-refractivity contribution < 1.29 is 13.2 Å². The van der Waals surface area contributed by atoms with Gasteiger partial charge in [0.25, 0.3) is 5.91 Å². The third-order valence-electron chi connectivity index (χ3n) is 5.12. The molecule has 1 amide bonds. The Balaban J connectivity index is 1.88. The molecule has 2 aromatic carbocycles. The molecule has 0 saturated heterocycles. The van der Waals surface area contributed by atoms with Gasteiger partial charge in [0.05, 0.1) is 11.4 Å². The second kappa shape index (κ2) is 7.95. The number of benzene rings is 2. The van der Waals surface area contributed by atoms with Crippen LogP contribution in [-0.4, -0.2) is 26.6 Å². The lowest BCUT2D eigenvalue weighted by Crippen LogP contribution is -2.37. The topological polar surface area (TPSA) is 66.5 Å². The highest BCUT2D eigenvalue weighted by Crippen LogP contribution is 2.32. The minimum atomic E-state index is -3.30. The molecule has 0 aromatic heterocycles. The molecule has 0 radical (unpaired) electrons. The van der Waals surface area contributed by atoms with Crippen LogP contribution in [0.4, 0.5) is 11.4 Å². The van der Waals surface area contributed by atoms with Gasteiger partial charge in [-0.1, -0.05) is 24.6 Å². The molecule has 0 saturated carbocycles. The summed E-state index contributed by atoms with van der Waals surface area (Å²) in [5, 5.41) is 2.98. The number of carbonyl (C=O) groups excluding carboxylic acids is 1. The van der Waals surface area contributed by atoms with Crippen LogP contribution in [-0.2, 0) is 16.4 Å². The van der Waals surface area contributed by atoms with Crippen molar-refractivity contribution >= 4 is 27.3 Å². The summed E-state index contributed by atoms with van der Waals surface area (Å²) >= 11 is 0. The van der Waals surface area contributed by atoms with E-state index >= 15 is 0 Å². The Hall–Kier alpha value is -2.34. The lowest BCUT2D eigenvalue weighted by molar-refractivity contribution is 0.102. The molecule has 0 aliphatic carbocycles. The van der Waals surface area contributed by atoms with Crippen LogP contribution in [0.25, 0.3) is 0 Å². The van der Waals surface area contributed by atoms with Crippen LogP contribution in [0.15, 0.2) is 30.3 Å². The molecule has 0 spiro atoms. The summed E-state index contributed by atoms with van der Waals surface area (Å²) in [5.74, 6) is 0.0119. The van der Waals surface area contributed by atoms with Crippen LogP contribution in [0.5, 0.6) is 0 Å². The van der Waals surface area contributed by atoms with E-state index in [0.29, 0.717) is 24.2 Å². The normalized spacial score (nSPS) is 13.9. The molecule has 0 bridgehead atoms. The zero-order valence-corrected chi connectivity index (χ0v) is 17.8. The number of rotatable bonds is 5. The van der Waals surface area contributed by atoms with Crippen molar-refractivity contribution in [1.82, 2.24) is 0 Å². The average molecular weight is 401 g/mol. The first-order chi connectivity index (χ1) is 13.2. The van der Waals surface area contributed by atoms with Crippen LogP contribution >= 0.6 is 0 Å². The van der Waals surface area contributed by atoms with Crippen molar-refractivity contribution in [3.63, 3.8) is 0 Å². The van der Waals surface area contributed by atoms with Crippen LogP contribution < -0.4 is 9.62 Å². The van der Waals surface area contributed by atoms with Crippen LogP contribution in [0.3, 0.4) is 0 Å². The molecule has 0 unspecified atom stereocenters. The second-order valence-electron chi connectivity index (χ2n) is 7.56. The van der Waals surface area contributed by atoms with Crippen LogP contribution in [0.1, 0.15) is 52.4 Å². The van der Waals surface area contributed by atoms with Gasteiger partial charge in [0.2, 0.25) is 10.0 Å². The van der Waals surface area contributed by atoms with Gasteiger partial charge in [0.1, 0.15) is 0 Å². The molecule has 150 valence electrons. The largest absolute Gasteiger partial charge is 0.322 e. The second-order valence-corrected chi connectivity index (χ2v) is 9.58. The zero-order valence-electron chi connectivity index (χ0n) is 17.0. The SMILES string of the molecule is CCCS(=O)(=O)N1CCCc2cc(NC(=O)c3c(C)cc(C)cc3C)ccc21. The summed E-state index contributed by atoms with van der Waals surface area (Å²) in [5.41, 5.74) is 6.11. The van der Waals surface area contributed by atoms with Crippen molar-refractivity contribution in [3.05, 3.63) is 58.1 Å². The monoisotopic (exact) mass is 400 g/mol. The first kappa shape index (κ1) is 20.4. The van der Waals surface area contributed by atoms with E-state index in [1.54, 1.807) is 6.07 Å². The Morgan fingerprint density at radius 2 is 1.79 bits per heavy atom. The van der Waals surface area contributed by atoms with E-state index in [-0.39, 0.29) is 11.7 Å². The van der Waals surface area contributed by atoms with Crippen molar-refractivity contribution in [2.75, 3.05) is 21.9 Å².